The molecule has 1 N–H and O–H groups in total. The maximum atomic E-state index is 12.7. The summed E-state index contributed by atoms with van der Waals surface area (Å²) in [6.45, 7) is 3.22. The van der Waals surface area contributed by atoms with Crippen molar-refractivity contribution in [2.24, 2.45) is 11.8 Å². The molecule has 144 valence electrons. The highest BCUT2D eigenvalue weighted by atomic mass is 35.5. The molecule has 5 heteroatoms. The van der Waals surface area contributed by atoms with Gasteiger partial charge in [0.1, 0.15) is 0 Å². The van der Waals surface area contributed by atoms with E-state index in [2.05, 4.69) is 22.3 Å². The zero-order valence-electron chi connectivity index (χ0n) is 15.4. The molecule has 4 nitrogen and oxygen atoms in total. The normalized spacial score (nSPS) is 30.2. The fourth-order valence-electron chi connectivity index (χ4n) is 4.83. The monoisotopic (exact) mass is 378 g/mol. The molecule has 0 spiro atoms. The number of hydrogen-bond acceptors (Lipinski definition) is 3. The molecule has 3 saturated heterocycles. The van der Waals surface area contributed by atoms with Gasteiger partial charge in [-0.1, -0.05) is 30.3 Å². The Bertz CT molecular complexity index is 571. The van der Waals surface area contributed by atoms with E-state index in [1.54, 1.807) is 0 Å². The van der Waals surface area contributed by atoms with Crippen LogP contribution in [-0.2, 0) is 16.1 Å². The molecule has 1 aromatic carbocycles. The summed E-state index contributed by atoms with van der Waals surface area (Å²) in [4.78, 5) is 14.7. The third-order valence-electron chi connectivity index (χ3n) is 6.14. The molecule has 1 aromatic rings. The minimum absolute atomic E-state index is 0. The number of carbonyl (C=O) groups is 1. The number of nitrogens with zero attached hydrogens (tertiary/aromatic N) is 1. The van der Waals surface area contributed by atoms with Crippen molar-refractivity contribution in [3.63, 3.8) is 0 Å². The highest BCUT2D eigenvalue weighted by Gasteiger charge is 2.35. The van der Waals surface area contributed by atoms with Gasteiger partial charge in [-0.05, 0) is 43.6 Å². The van der Waals surface area contributed by atoms with Crippen molar-refractivity contribution in [3.05, 3.63) is 35.9 Å². The topological polar surface area (TPSA) is 41.6 Å². The van der Waals surface area contributed by atoms with Crippen LogP contribution in [0.2, 0.25) is 0 Å². The number of fused-ring (bicyclic) bond motifs is 2. The van der Waals surface area contributed by atoms with Crippen LogP contribution in [0.4, 0.5) is 0 Å². The molecule has 3 atom stereocenters. The highest BCUT2D eigenvalue weighted by Crippen LogP contribution is 2.33. The minimum atomic E-state index is 0. The van der Waals surface area contributed by atoms with Gasteiger partial charge < -0.3 is 15.0 Å². The first-order chi connectivity index (χ1) is 12.3. The Kier molecular flexibility index (Phi) is 6.96. The van der Waals surface area contributed by atoms with Crippen molar-refractivity contribution in [1.82, 2.24) is 10.2 Å². The van der Waals surface area contributed by atoms with Gasteiger partial charge in [-0.15, -0.1) is 12.4 Å². The number of carbonyl (C=O) groups excluding carboxylic acids is 1. The van der Waals surface area contributed by atoms with Crippen LogP contribution in [0.3, 0.4) is 0 Å². The number of piperidine rings is 1. The number of ether oxygens (including phenoxy) is 1. The van der Waals surface area contributed by atoms with Gasteiger partial charge in [0.25, 0.3) is 0 Å². The lowest BCUT2D eigenvalue weighted by Crippen LogP contribution is -2.40. The molecule has 4 rings (SSSR count). The minimum Gasteiger partial charge on any atom is -0.376 e. The number of hydrogen-bond donors (Lipinski definition) is 1. The molecular weight excluding hydrogens is 348 g/mol. The Hall–Kier alpha value is -1.10. The van der Waals surface area contributed by atoms with Crippen LogP contribution in [0.5, 0.6) is 0 Å². The molecule has 3 fully saturated rings. The van der Waals surface area contributed by atoms with E-state index in [1.807, 2.05) is 18.2 Å². The fourth-order valence-corrected chi connectivity index (χ4v) is 4.83. The number of amides is 1. The smallest absolute Gasteiger partial charge is 0.222 e. The first-order valence-corrected chi connectivity index (χ1v) is 9.92. The lowest BCUT2D eigenvalue weighted by molar-refractivity contribution is -0.131. The third-order valence-corrected chi connectivity index (χ3v) is 6.14. The third kappa shape index (κ3) is 4.99. The Labute approximate surface area is 163 Å². The maximum absolute atomic E-state index is 12.7. The van der Waals surface area contributed by atoms with Crippen molar-refractivity contribution >= 4 is 18.3 Å². The molecule has 1 amide bonds. The Morgan fingerprint density at radius 3 is 2.54 bits per heavy atom. The van der Waals surface area contributed by atoms with E-state index in [4.69, 9.17) is 4.74 Å². The maximum Gasteiger partial charge on any atom is 0.222 e. The van der Waals surface area contributed by atoms with Crippen molar-refractivity contribution in [3.8, 4) is 0 Å². The Morgan fingerprint density at radius 1 is 1.08 bits per heavy atom. The SMILES string of the molecule is Cl.O=C(CC1CC2CCC(C1)N2)N1CCC(COCc2ccccc2)C1. The largest absolute Gasteiger partial charge is 0.376 e. The van der Waals surface area contributed by atoms with Gasteiger partial charge in [0.15, 0.2) is 0 Å². The standard InChI is InChI=1S/C21H30N2O2.ClH/c24-21(12-18-10-19-6-7-20(11-18)22-19)23-9-8-17(13-23)15-25-14-16-4-2-1-3-5-16;/h1-5,17-20,22H,6-15H2;1H. The first-order valence-electron chi connectivity index (χ1n) is 9.92. The molecule has 3 heterocycles. The average Bonchev–Trinajstić information content (AvgIpc) is 3.22. The molecule has 2 bridgehead atoms. The second-order valence-electron chi connectivity index (χ2n) is 8.17. The lowest BCUT2D eigenvalue weighted by atomic mass is 9.89. The van der Waals surface area contributed by atoms with Crippen LogP contribution in [0.15, 0.2) is 30.3 Å². The highest BCUT2D eigenvalue weighted by molar-refractivity contribution is 5.85. The van der Waals surface area contributed by atoms with E-state index in [9.17, 15) is 4.79 Å². The lowest BCUT2D eigenvalue weighted by Gasteiger charge is -2.30. The summed E-state index contributed by atoms with van der Waals surface area (Å²) in [7, 11) is 0. The molecule has 3 unspecified atom stereocenters. The molecule has 0 aliphatic carbocycles. The summed E-state index contributed by atoms with van der Waals surface area (Å²) in [5.74, 6) is 1.47. The van der Waals surface area contributed by atoms with Gasteiger partial charge in [0.05, 0.1) is 13.2 Å². The second-order valence-corrected chi connectivity index (χ2v) is 8.17. The van der Waals surface area contributed by atoms with Gasteiger partial charge in [0, 0.05) is 37.5 Å². The summed E-state index contributed by atoms with van der Waals surface area (Å²) >= 11 is 0. The quantitative estimate of drug-likeness (QED) is 0.824. The van der Waals surface area contributed by atoms with E-state index < -0.39 is 0 Å². The molecule has 0 aromatic heterocycles. The molecule has 3 aliphatic heterocycles. The van der Waals surface area contributed by atoms with E-state index in [0.717, 1.165) is 32.5 Å². The van der Waals surface area contributed by atoms with Crippen LogP contribution in [-0.4, -0.2) is 42.6 Å². The summed E-state index contributed by atoms with van der Waals surface area (Å²) < 4.78 is 5.87. The van der Waals surface area contributed by atoms with Crippen LogP contribution in [0, 0.1) is 11.8 Å². The summed E-state index contributed by atoms with van der Waals surface area (Å²) in [5, 5.41) is 3.67. The zero-order valence-corrected chi connectivity index (χ0v) is 16.3. The van der Waals surface area contributed by atoms with Crippen molar-refractivity contribution in [2.75, 3.05) is 19.7 Å². The summed E-state index contributed by atoms with van der Waals surface area (Å²) in [6.07, 6.45) is 6.84. The number of likely N-dealkylation sites (tertiary alicyclic amines) is 1. The van der Waals surface area contributed by atoms with Gasteiger partial charge in [-0.3, -0.25) is 4.79 Å². The summed E-state index contributed by atoms with van der Waals surface area (Å²) in [5.41, 5.74) is 1.22. The number of benzene rings is 1. The summed E-state index contributed by atoms with van der Waals surface area (Å²) in [6, 6.07) is 11.7. The molecule has 0 radical (unpaired) electrons. The molecule has 0 saturated carbocycles. The van der Waals surface area contributed by atoms with Crippen molar-refractivity contribution < 1.29 is 9.53 Å². The Balaban J connectivity index is 0.00000196. The predicted molar refractivity (Wildman–Crippen MR) is 105 cm³/mol. The van der Waals surface area contributed by atoms with E-state index in [1.165, 1.54) is 31.2 Å². The van der Waals surface area contributed by atoms with Crippen LogP contribution >= 0.6 is 12.4 Å². The van der Waals surface area contributed by atoms with E-state index in [0.29, 0.717) is 36.4 Å². The molecule has 3 aliphatic rings. The van der Waals surface area contributed by atoms with E-state index in [-0.39, 0.29) is 12.4 Å². The average molecular weight is 379 g/mol. The number of halogens is 1. The predicted octanol–water partition coefficient (Wildman–Crippen LogP) is 3.39. The fraction of sp³-hybridized carbons (Fsp3) is 0.667. The van der Waals surface area contributed by atoms with Gasteiger partial charge in [0.2, 0.25) is 5.91 Å². The van der Waals surface area contributed by atoms with Gasteiger partial charge in [-0.2, -0.15) is 0 Å². The number of rotatable bonds is 6. The molecular formula is C21H31ClN2O2. The van der Waals surface area contributed by atoms with Crippen LogP contribution < -0.4 is 5.32 Å². The van der Waals surface area contributed by atoms with E-state index >= 15 is 0 Å². The van der Waals surface area contributed by atoms with Crippen molar-refractivity contribution in [1.29, 1.82) is 0 Å². The number of nitrogens with one attached hydrogen (secondary N) is 1. The zero-order chi connectivity index (χ0) is 17.1. The molecule has 26 heavy (non-hydrogen) atoms. The van der Waals surface area contributed by atoms with Crippen LogP contribution in [0.25, 0.3) is 0 Å². The van der Waals surface area contributed by atoms with Gasteiger partial charge in [-0.25, -0.2) is 0 Å². The van der Waals surface area contributed by atoms with Crippen LogP contribution in [0.1, 0.15) is 44.1 Å². The first kappa shape index (κ1) is 19.7. The second kappa shape index (κ2) is 9.20. The Morgan fingerprint density at radius 2 is 1.81 bits per heavy atom. The van der Waals surface area contributed by atoms with Crippen molar-refractivity contribution in [2.45, 2.75) is 57.2 Å². The van der Waals surface area contributed by atoms with Gasteiger partial charge >= 0.3 is 0 Å².